The first-order valence-corrected chi connectivity index (χ1v) is 4.32. The maximum Gasteiger partial charge on any atom is 0.174 e. The van der Waals surface area contributed by atoms with E-state index < -0.39 is 0 Å². The first-order valence-electron chi connectivity index (χ1n) is 4.32. The van der Waals surface area contributed by atoms with Crippen molar-refractivity contribution in [2.45, 2.75) is 6.54 Å². The molecule has 0 spiro atoms. The largest absolute Gasteiger partial charge is 0.221 e. The van der Waals surface area contributed by atoms with Gasteiger partial charge in [-0.15, -0.1) is 5.10 Å². The number of hydrogen-bond donors (Lipinski definition) is 0. The molecule has 2 aromatic rings. The van der Waals surface area contributed by atoms with Crippen LogP contribution in [0, 0.1) is 0 Å². The van der Waals surface area contributed by atoms with E-state index in [0.29, 0.717) is 12.4 Å². The maximum atomic E-state index is 3.87. The Labute approximate surface area is 81.9 Å². The lowest BCUT2D eigenvalue weighted by Gasteiger charge is -2.00. The second-order valence-corrected chi connectivity index (χ2v) is 2.88. The molecule has 0 aliphatic rings. The molecule has 0 atom stereocenters. The fourth-order valence-corrected chi connectivity index (χ4v) is 1.23. The third kappa shape index (κ3) is 1.69. The van der Waals surface area contributed by atoms with Gasteiger partial charge < -0.3 is 0 Å². The van der Waals surface area contributed by atoms with Gasteiger partial charge in [-0.05, 0) is 22.1 Å². The Morgan fingerprint density at radius 3 is 2.79 bits per heavy atom. The average Bonchev–Trinajstić information content (AvgIpc) is 2.67. The predicted molar refractivity (Wildman–Crippen MR) is 53.5 cm³/mol. The molecule has 14 heavy (non-hydrogen) atoms. The lowest BCUT2D eigenvalue weighted by Crippen LogP contribution is -2.03. The molecule has 4 heteroatoms. The van der Waals surface area contributed by atoms with Crippen molar-refractivity contribution in [3.63, 3.8) is 0 Å². The van der Waals surface area contributed by atoms with Crippen LogP contribution >= 0.6 is 0 Å². The molecule has 0 aliphatic heterocycles. The highest BCUT2D eigenvalue weighted by Crippen LogP contribution is 2.02. The van der Waals surface area contributed by atoms with E-state index in [9.17, 15) is 0 Å². The summed E-state index contributed by atoms with van der Waals surface area (Å²) in [6.45, 7) is 4.32. The molecule has 70 valence electrons. The van der Waals surface area contributed by atoms with Crippen LogP contribution in [0.4, 0.5) is 0 Å². The zero-order valence-corrected chi connectivity index (χ0v) is 7.67. The Hall–Kier alpha value is -1.97. The minimum atomic E-state index is 0.676. The molecule has 4 nitrogen and oxygen atoms in total. The summed E-state index contributed by atoms with van der Waals surface area (Å²) < 4.78 is 1.71. The van der Waals surface area contributed by atoms with E-state index >= 15 is 0 Å². The van der Waals surface area contributed by atoms with Crippen molar-refractivity contribution in [3.8, 4) is 0 Å². The Bertz CT molecular complexity index is 419. The van der Waals surface area contributed by atoms with Gasteiger partial charge in [0, 0.05) is 0 Å². The van der Waals surface area contributed by atoms with Gasteiger partial charge in [0.05, 0.1) is 6.54 Å². The summed E-state index contributed by atoms with van der Waals surface area (Å²) in [5.41, 5.74) is 1.17. The van der Waals surface area contributed by atoms with Crippen LogP contribution in [0.3, 0.4) is 0 Å². The molecule has 0 saturated carbocycles. The summed E-state index contributed by atoms with van der Waals surface area (Å²) in [6, 6.07) is 10.0. The van der Waals surface area contributed by atoms with Crippen molar-refractivity contribution >= 4 is 6.08 Å². The lowest BCUT2D eigenvalue weighted by atomic mass is 10.2. The summed E-state index contributed by atoms with van der Waals surface area (Å²) in [4.78, 5) is 0. The SMILES string of the molecule is C=Cc1nnnn1Cc1ccccc1. The highest BCUT2D eigenvalue weighted by atomic mass is 15.5. The minimum absolute atomic E-state index is 0.676. The lowest BCUT2D eigenvalue weighted by molar-refractivity contribution is 0.644. The van der Waals surface area contributed by atoms with Crippen molar-refractivity contribution in [2.75, 3.05) is 0 Å². The molecular weight excluding hydrogens is 176 g/mol. The number of benzene rings is 1. The maximum absolute atomic E-state index is 3.87. The number of aromatic nitrogens is 4. The second-order valence-electron chi connectivity index (χ2n) is 2.88. The standard InChI is InChI=1S/C10H10N4/c1-2-10-11-12-13-14(10)8-9-6-4-3-5-7-9/h2-7H,1,8H2. The van der Waals surface area contributed by atoms with Gasteiger partial charge in [0.15, 0.2) is 5.82 Å². The summed E-state index contributed by atoms with van der Waals surface area (Å²) in [6.07, 6.45) is 1.64. The summed E-state index contributed by atoms with van der Waals surface area (Å²) >= 11 is 0. The quantitative estimate of drug-likeness (QED) is 0.727. The highest BCUT2D eigenvalue weighted by Gasteiger charge is 2.01. The molecule has 0 aliphatic carbocycles. The van der Waals surface area contributed by atoms with E-state index in [-0.39, 0.29) is 0 Å². The van der Waals surface area contributed by atoms with Gasteiger partial charge in [0.25, 0.3) is 0 Å². The van der Waals surface area contributed by atoms with Crippen LogP contribution in [0.2, 0.25) is 0 Å². The molecular formula is C10H10N4. The van der Waals surface area contributed by atoms with E-state index in [1.165, 1.54) is 5.56 Å². The Kier molecular flexibility index (Phi) is 2.36. The Morgan fingerprint density at radius 1 is 1.29 bits per heavy atom. The zero-order valence-electron chi connectivity index (χ0n) is 7.67. The van der Waals surface area contributed by atoms with Crippen molar-refractivity contribution in [3.05, 3.63) is 48.3 Å². The van der Waals surface area contributed by atoms with E-state index in [1.807, 2.05) is 30.3 Å². The van der Waals surface area contributed by atoms with Crippen LogP contribution in [0.25, 0.3) is 6.08 Å². The smallest absolute Gasteiger partial charge is 0.174 e. The summed E-state index contributed by atoms with van der Waals surface area (Å²) in [7, 11) is 0. The van der Waals surface area contributed by atoms with Crippen LogP contribution in [0.5, 0.6) is 0 Å². The minimum Gasteiger partial charge on any atom is -0.221 e. The average molecular weight is 186 g/mol. The predicted octanol–water partition coefficient (Wildman–Crippen LogP) is 1.36. The van der Waals surface area contributed by atoms with Crippen LogP contribution < -0.4 is 0 Å². The van der Waals surface area contributed by atoms with Gasteiger partial charge in [-0.1, -0.05) is 36.9 Å². The first-order chi connectivity index (χ1) is 6.90. The molecule has 0 fully saturated rings. The molecule has 1 heterocycles. The monoisotopic (exact) mass is 186 g/mol. The number of hydrogen-bond acceptors (Lipinski definition) is 3. The molecule has 2 rings (SSSR count). The third-order valence-corrected chi connectivity index (χ3v) is 1.92. The van der Waals surface area contributed by atoms with Gasteiger partial charge in [-0.25, -0.2) is 4.68 Å². The zero-order chi connectivity index (χ0) is 9.80. The third-order valence-electron chi connectivity index (χ3n) is 1.92. The van der Waals surface area contributed by atoms with Crippen LogP contribution in [0.1, 0.15) is 11.4 Å². The van der Waals surface area contributed by atoms with E-state index in [2.05, 4.69) is 22.1 Å². The molecule has 0 saturated heterocycles. The number of tetrazole rings is 1. The van der Waals surface area contributed by atoms with Crippen LogP contribution in [-0.4, -0.2) is 20.2 Å². The first kappa shape index (κ1) is 8.62. The van der Waals surface area contributed by atoms with Crippen LogP contribution in [-0.2, 0) is 6.54 Å². The van der Waals surface area contributed by atoms with Crippen molar-refractivity contribution < 1.29 is 0 Å². The van der Waals surface area contributed by atoms with E-state index in [0.717, 1.165) is 0 Å². The van der Waals surface area contributed by atoms with Gasteiger partial charge >= 0.3 is 0 Å². The highest BCUT2D eigenvalue weighted by molar-refractivity contribution is 5.35. The second kappa shape index (κ2) is 3.83. The van der Waals surface area contributed by atoms with Crippen molar-refractivity contribution in [1.29, 1.82) is 0 Å². The van der Waals surface area contributed by atoms with Gasteiger partial charge in [-0.3, -0.25) is 0 Å². The fourth-order valence-electron chi connectivity index (χ4n) is 1.23. The Balaban J connectivity index is 2.23. The summed E-state index contributed by atoms with van der Waals surface area (Å²) in [5, 5.41) is 11.3. The molecule has 0 radical (unpaired) electrons. The molecule has 0 bridgehead atoms. The molecule has 0 amide bonds. The molecule has 0 N–H and O–H groups in total. The van der Waals surface area contributed by atoms with Crippen LogP contribution in [0.15, 0.2) is 36.9 Å². The van der Waals surface area contributed by atoms with E-state index in [1.54, 1.807) is 10.8 Å². The fraction of sp³-hybridized carbons (Fsp3) is 0.100. The van der Waals surface area contributed by atoms with E-state index in [4.69, 9.17) is 0 Å². The van der Waals surface area contributed by atoms with Gasteiger partial charge in [0.2, 0.25) is 0 Å². The van der Waals surface area contributed by atoms with Gasteiger partial charge in [-0.2, -0.15) is 0 Å². The molecule has 1 aromatic carbocycles. The normalized spacial score (nSPS) is 10.0. The van der Waals surface area contributed by atoms with Crippen molar-refractivity contribution in [2.24, 2.45) is 0 Å². The van der Waals surface area contributed by atoms with Crippen molar-refractivity contribution in [1.82, 2.24) is 20.2 Å². The molecule has 1 aromatic heterocycles. The number of nitrogens with zero attached hydrogens (tertiary/aromatic N) is 4. The summed E-state index contributed by atoms with van der Waals surface area (Å²) in [5.74, 6) is 0.689. The van der Waals surface area contributed by atoms with Gasteiger partial charge in [0.1, 0.15) is 0 Å². The Morgan fingerprint density at radius 2 is 2.07 bits per heavy atom. The topological polar surface area (TPSA) is 43.6 Å². The number of rotatable bonds is 3. The molecule has 0 unspecified atom stereocenters.